The predicted octanol–water partition coefficient (Wildman–Crippen LogP) is 1.09. The van der Waals surface area contributed by atoms with Crippen LogP contribution in [0.1, 0.15) is 6.92 Å². The molecular weight excluding hydrogens is 310 g/mol. The first-order valence-corrected chi connectivity index (χ1v) is 8.24. The molecule has 1 aromatic carbocycles. The van der Waals surface area contributed by atoms with Gasteiger partial charge in [0.15, 0.2) is 9.84 Å². The van der Waals surface area contributed by atoms with Gasteiger partial charge in [-0.25, -0.2) is 13.4 Å². The molecule has 0 spiro atoms. The van der Waals surface area contributed by atoms with Crippen molar-refractivity contribution >= 4 is 21.2 Å². The third kappa shape index (κ3) is 3.58. The number of benzene rings is 1. The minimum atomic E-state index is -3.70. The Kier molecular flexibility index (Phi) is 4.40. The topological polar surface area (TPSA) is 120 Å². The van der Waals surface area contributed by atoms with Gasteiger partial charge in [-0.05, 0) is 19.1 Å². The van der Waals surface area contributed by atoms with Gasteiger partial charge in [-0.1, -0.05) is 6.07 Å². The molecule has 0 saturated heterocycles. The molecule has 0 fully saturated rings. The van der Waals surface area contributed by atoms with Crippen molar-refractivity contribution in [3.8, 4) is 0 Å². The van der Waals surface area contributed by atoms with E-state index in [2.05, 4.69) is 15.4 Å². The van der Waals surface area contributed by atoms with Gasteiger partial charge in [0.25, 0.3) is 0 Å². The number of nitro groups is 1. The van der Waals surface area contributed by atoms with Crippen LogP contribution < -0.4 is 5.32 Å². The monoisotopic (exact) mass is 325 g/mol. The lowest BCUT2D eigenvalue weighted by molar-refractivity contribution is -0.386. The van der Waals surface area contributed by atoms with Crippen molar-refractivity contribution < 1.29 is 13.3 Å². The molecule has 0 aliphatic heterocycles. The number of hydrogen-bond acceptors (Lipinski definition) is 7. The number of para-hydroxylation sites is 1. The Bertz CT molecular complexity index is 773. The maximum atomic E-state index is 11.7. The van der Waals surface area contributed by atoms with Crippen LogP contribution in [0.5, 0.6) is 0 Å². The third-order valence-electron chi connectivity index (χ3n) is 2.91. The summed E-state index contributed by atoms with van der Waals surface area (Å²) in [5.74, 6) is 0. The Morgan fingerprint density at radius 3 is 2.73 bits per heavy atom. The summed E-state index contributed by atoms with van der Waals surface area (Å²) in [6.45, 7) is 2.23. The van der Waals surface area contributed by atoms with Crippen molar-refractivity contribution in [2.24, 2.45) is 0 Å². The number of sulfone groups is 1. The summed E-state index contributed by atoms with van der Waals surface area (Å²) >= 11 is 0. The lowest BCUT2D eigenvalue weighted by Crippen LogP contribution is -2.23. The summed E-state index contributed by atoms with van der Waals surface area (Å²) in [4.78, 5) is 14.1. The second kappa shape index (κ2) is 6.10. The highest BCUT2D eigenvalue weighted by Gasteiger charge is 2.26. The average Bonchev–Trinajstić information content (AvgIpc) is 2.89. The van der Waals surface area contributed by atoms with E-state index in [4.69, 9.17) is 0 Å². The molecule has 118 valence electrons. The van der Waals surface area contributed by atoms with Crippen LogP contribution in [0.2, 0.25) is 0 Å². The van der Waals surface area contributed by atoms with Gasteiger partial charge in [0, 0.05) is 12.3 Å². The largest absolute Gasteiger partial charge is 0.375 e. The average molecular weight is 325 g/mol. The van der Waals surface area contributed by atoms with E-state index in [1.54, 1.807) is 11.6 Å². The van der Waals surface area contributed by atoms with Gasteiger partial charge in [-0.2, -0.15) is 5.10 Å². The summed E-state index contributed by atoms with van der Waals surface area (Å²) in [6, 6.07) is 3.95. The molecule has 10 heteroatoms. The number of nitrogens with zero attached hydrogens (tertiary/aromatic N) is 4. The second-order valence-corrected chi connectivity index (χ2v) is 6.83. The lowest BCUT2D eigenvalue weighted by atomic mass is 10.2. The molecule has 1 aromatic heterocycles. The molecule has 0 aliphatic rings. The van der Waals surface area contributed by atoms with E-state index in [9.17, 15) is 18.5 Å². The normalized spacial score (nSPS) is 12.8. The van der Waals surface area contributed by atoms with E-state index >= 15 is 0 Å². The molecule has 9 nitrogen and oxygen atoms in total. The predicted molar refractivity (Wildman–Crippen MR) is 79.3 cm³/mol. The van der Waals surface area contributed by atoms with Crippen LogP contribution in [0.4, 0.5) is 11.4 Å². The third-order valence-corrected chi connectivity index (χ3v) is 4.04. The Labute approximate surface area is 127 Å². The highest BCUT2D eigenvalue weighted by molar-refractivity contribution is 7.90. The summed E-state index contributed by atoms with van der Waals surface area (Å²) in [7, 11) is -3.70. The first-order chi connectivity index (χ1) is 10.3. The smallest absolute Gasteiger partial charge is 0.310 e. The Morgan fingerprint density at radius 2 is 2.18 bits per heavy atom. The number of nitro benzene ring substituents is 1. The highest BCUT2D eigenvalue weighted by Crippen LogP contribution is 2.32. The van der Waals surface area contributed by atoms with Crippen molar-refractivity contribution in [1.82, 2.24) is 14.8 Å². The molecule has 2 rings (SSSR count). The van der Waals surface area contributed by atoms with E-state index in [-0.39, 0.29) is 16.6 Å². The van der Waals surface area contributed by atoms with E-state index in [1.807, 2.05) is 0 Å². The van der Waals surface area contributed by atoms with Gasteiger partial charge < -0.3 is 5.32 Å². The molecule has 0 bridgehead atoms. The number of rotatable bonds is 6. The van der Waals surface area contributed by atoms with Gasteiger partial charge in [0.1, 0.15) is 23.2 Å². The van der Waals surface area contributed by atoms with E-state index in [0.29, 0.717) is 6.54 Å². The first kappa shape index (κ1) is 15.9. The Hall–Kier alpha value is -2.49. The van der Waals surface area contributed by atoms with Crippen molar-refractivity contribution in [2.75, 3.05) is 11.6 Å². The summed E-state index contributed by atoms with van der Waals surface area (Å²) in [5.41, 5.74) is -0.295. The van der Waals surface area contributed by atoms with Crippen LogP contribution in [0.25, 0.3) is 0 Å². The van der Waals surface area contributed by atoms with Gasteiger partial charge in [-0.3, -0.25) is 14.8 Å². The fourth-order valence-corrected chi connectivity index (χ4v) is 2.91. The van der Waals surface area contributed by atoms with Crippen molar-refractivity contribution in [2.45, 2.75) is 24.4 Å². The zero-order valence-electron chi connectivity index (χ0n) is 12.0. The molecule has 0 radical (unpaired) electrons. The van der Waals surface area contributed by atoms with Gasteiger partial charge in [-0.15, -0.1) is 0 Å². The summed E-state index contributed by atoms with van der Waals surface area (Å²) in [6.07, 6.45) is 3.86. The van der Waals surface area contributed by atoms with Crippen molar-refractivity contribution in [3.05, 3.63) is 41.0 Å². The molecule has 1 unspecified atom stereocenters. The zero-order chi connectivity index (χ0) is 16.3. The lowest BCUT2D eigenvalue weighted by Gasteiger charge is -2.16. The minimum absolute atomic E-state index is 0.153. The molecular formula is C12H15N5O4S. The molecule has 1 heterocycles. The molecule has 0 amide bonds. The Morgan fingerprint density at radius 1 is 1.45 bits per heavy atom. The standard InChI is InChI=1S/C12H15N5O4S/c1-9(6-16-8-13-7-14-16)15-10-4-3-5-11(22(2,20)21)12(10)17(18)19/h3-5,7-9,15H,6H2,1-2H3. The SMILES string of the molecule is CC(Cn1cncn1)Nc1cccc(S(C)(=O)=O)c1[N+](=O)[O-]. The maximum absolute atomic E-state index is 11.7. The van der Waals surface area contributed by atoms with Gasteiger partial charge in [0.2, 0.25) is 0 Å². The quantitative estimate of drug-likeness (QED) is 0.623. The van der Waals surface area contributed by atoms with Crippen LogP contribution in [0, 0.1) is 10.1 Å². The fourth-order valence-electron chi connectivity index (χ4n) is 2.05. The molecule has 1 atom stereocenters. The van der Waals surface area contributed by atoms with Crippen molar-refractivity contribution in [1.29, 1.82) is 0 Å². The Balaban J connectivity index is 2.33. The first-order valence-electron chi connectivity index (χ1n) is 6.35. The highest BCUT2D eigenvalue weighted by atomic mass is 32.2. The summed E-state index contributed by atoms with van der Waals surface area (Å²) in [5, 5.41) is 18.2. The molecule has 2 aromatic rings. The maximum Gasteiger partial charge on any atom is 0.310 e. The van der Waals surface area contributed by atoms with Crippen LogP contribution in [0.3, 0.4) is 0 Å². The molecule has 1 N–H and O–H groups in total. The molecule has 0 saturated carbocycles. The van der Waals surface area contributed by atoms with Gasteiger partial charge >= 0.3 is 5.69 Å². The second-order valence-electron chi connectivity index (χ2n) is 4.84. The van der Waals surface area contributed by atoms with E-state index in [1.165, 1.54) is 30.9 Å². The van der Waals surface area contributed by atoms with Crippen LogP contribution in [0.15, 0.2) is 35.7 Å². The van der Waals surface area contributed by atoms with E-state index in [0.717, 1.165) is 6.26 Å². The van der Waals surface area contributed by atoms with Crippen LogP contribution in [-0.4, -0.2) is 40.4 Å². The summed E-state index contributed by atoms with van der Waals surface area (Å²) < 4.78 is 25.0. The van der Waals surface area contributed by atoms with Gasteiger partial charge in [0.05, 0.1) is 11.5 Å². The minimum Gasteiger partial charge on any atom is -0.375 e. The number of nitrogens with one attached hydrogen (secondary N) is 1. The number of hydrogen-bond donors (Lipinski definition) is 1. The fraction of sp³-hybridized carbons (Fsp3) is 0.333. The van der Waals surface area contributed by atoms with Crippen molar-refractivity contribution in [3.63, 3.8) is 0 Å². The zero-order valence-corrected chi connectivity index (χ0v) is 12.8. The number of aromatic nitrogens is 3. The molecule has 22 heavy (non-hydrogen) atoms. The van der Waals surface area contributed by atoms with E-state index < -0.39 is 20.4 Å². The van der Waals surface area contributed by atoms with Crippen LogP contribution >= 0.6 is 0 Å². The number of anilines is 1. The van der Waals surface area contributed by atoms with Crippen LogP contribution in [-0.2, 0) is 16.4 Å². The molecule has 0 aliphatic carbocycles.